The molecule has 0 aromatic carbocycles. The lowest BCUT2D eigenvalue weighted by Gasteiger charge is -2.21. The van der Waals surface area contributed by atoms with Crippen LogP contribution in [0.1, 0.15) is 53.4 Å². The summed E-state index contributed by atoms with van der Waals surface area (Å²) in [6.45, 7) is 12.4. The van der Waals surface area contributed by atoms with Gasteiger partial charge in [-0.15, -0.1) is 0 Å². The molecule has 0 saturated heterocycles. The molecule has 0 bridgehead atoms. The first-order valence-electron chi connectivity index (χ1n) is 6.61. The van der Waals surface area contributed by atoms with Crippen LogP contribution in [-0.2, 0) is 0 Å². The molecule has 0 rings (SSSR count). The standard InChI is InChI=1S/C15H28N2/c1-6-9-14(10-7-2)17-13(5)15(11-8-3)12(4)16/h8,11,14,17H,5-7,9-10,16H2,1-4H3/b11-8-,15-12-. The predicted molar refractivity (Wildman–Crippen MR) is 77.6 cm³/mol. The van der Waals surface area contributed by atoms with Crippen molar-refractivity contribution in [1.29, 1.82) is 0 Å². The molecule has 3 N–H and O–H groups in total. The molecule has 0 aromatic rings. The summed E-state index contributed by atoms with van der Waals surface area (Å²) in [6, 6.07) is 0.511. The quantitative estimate of drug-likeness (QED) is 0.628. The Hall–Kier alpha value is -1.18. The lowest BCUT2D eigenvalue weighted by Crippen LogP contribution is -2.29. The number of nitrogens with two attached hydrogens (primary N) is 1. The molecule has 0 aliphatic carbocycles. The molecule has 0 heterocycles. The average Bonchev–Trinajstić information content (AvgIpc) is 2.25. The molecule has 0 spiro atoms. The van der Waals surface area contributed by atoms with E-state index >= 15 is 0 Å². The van der Waals surface area contributed by atoms with Crippen LogP contribution in [0.5, 0.6) is 0 Å². The maximum absolute atomic E-state index is 5.87. The van der Waals surface area contributed by atoms with Crippen LogP contribution < -0.4 is 11.1 Å². The zero-order chi connectivity index (χ0) is 13.3. The minimum absolute atomic E-state index is 0.511. The fourth-order valence-corrected chi connectivity index (χ4v) is 1.95. The van der Waals surface area contributed by atoms with Crippen molar-refractivity contribution >= 4 is 0 Å². The fraction of sp³-hybridized carbons (Fsp3) is 0.600. The van der Waals surface area contributed by atoms with Gasteiger partial charge in [0.2, 0.25) is 0 Å². The number of hydrogen-bond acceptors (Lipinski definition) is 2. The van der Waals surface area contributed by atoms with Gasteiger partial charge in [-0.3, -0.25) is 0 Å². The molecule has 0 aliphatic heterocycles. The summed E-state index contributed by atoms with van der Waals surface area (Å²) in [5.41, 5.74) is 8.65. The highest BCUT2D eigenvalue weighted by Crippen LogP contribution is 2.14. The van der Waals surface area contributed by atoms with Crippen LogP contribution in [0.15, 0.2) is 35.7 Å². The first-order valence-corrected chi connectivity index (χ1v) is 6.61. The highest BCUT2D eigenvalue weighted by Gasteiger charge is 2.09. The molecule has 0 fully saturated rings. The lowest BCUT2D eigenvalue weighted by atomic mass is 10.0. The molecule has 0 radical (unpaired) electrons. The SMILES string of the molecule is C=C(NC(CCC)CCC)C(/C=C\C)=C(/C)N. The van der Waals surface area contributed by atoms with E-state index < -0.39 is 0 Å². The molecule has 98 valence electrons. The van der Waals surface area contributed by atoms with E-state index in [1.807, 2.05) is 26.0 Å². The van der Waals surface area contributed by atoms with E-state index in [0.29, 0.717) is 6.04 Å². The van der Waals surface area contributed by atoms with E-state index in [9.17, 15) is 0 Å². The highest BCUT2D eigenvalue weighted by molar-refractivity contribution is 5.39. The van der Waals surface area contributed by atoms with Crippen LogP contribution >= 0.6 is 0 Å². The Morgan fingerprint density at radius 3 is 2.18 bits per heavy atom. The Balaban J connectivity index is 4.62. The second-order valence-corrected chi connectivity index (χ2v) is 4.49. The normalized spacial score (nSPS) is 13.0. The van der Waals surface area contributed by atoms with Crippen molar-refractivity contribution in [2.24, 2.45) is 5.73 Å². The first-order chi connectivity index (χ1) is 8.06. The molecule has 0 aliphatic rings. The molecule has 2 nitrogen and oxygen atoms in total. The molecule has 0 saturated carbocycles. The monoisotopic (exact) mass is 236 g/mol. The van der Waals surface area contributed by atoms with Crippen molar-refractivity contribution in [3.63, 3.8) is 0 Å². The largest absolute Gasteiger partial charge is 0.402 e. The van der Waals surface area contributed by atoms with Crippen molar-refractivity contribution in [1.82, 2.24) is 5.32 Å². The van der Waals surface area contributed by atoms with Gasteiger partial charge in [0.1, 0.15) is 0 Å². The lowest BCUT2D eigenvalue weighted by molar-refractivity contribution is 0.485. The van der Waals surface area contributed by atoms with Crippen LogP contribution in [0.25, 0.3) is 0 Å². The summed E-state index contributed by atoms with van der Waals surface area (Å²) in [5.74, 6) is 0. The summed E-state index contributed by atoms with van der Waals surface area (Å²) in [4.78, 5) is 0. The molecular formula is C15H28N2. The Bertz CT molecular complexity index is 277. The van der Waals surface area contributed by atoms with Crippen LogP contribution in [0.2, 0.25) is 0 Å². The predicted octanol–water partition coefficient (Wildman–Crippen LogP) is 3.87. The van der Waals surface area contributed by atoms with E-state index in [2.05, 4.69) is 25.7 Å². The minimum atomic E-state index is 0.511. The van der Waals surface area contributed by atoms with E-state index in [4.69, 9.17) is 5.73 Å². The molecule has 0 atom stereocenters. The Morgan fingerprint density at radius 2 is 1.82 bits per heavy atom. The maximum atomic E-state index is 5.87. The second kappa shape index (κ2) is 8.91. The van der Waals surface area contributed by atoms with E-state index in [1.54, 1.807) is 0 Å². The van der Waals surface area contributed by atoms with Gasteiger partial charge in [0.15, 0.2) is 0 Å². The zero-order valence-electron chi connectivity index (χ0n) is 11.8. The van der Waals surface area contributed by atoms with Gasteiger partial charge in [-0.25, -0.2) is 0 Å². The number of hydrogen-bond donors (Lipinski definition) is 2. The van der Waals surface area contributed by atoms with Gasteiger partial charge in [0.05, 0.1) is 0 Å². The second-order valence-electron chi connectivity index (χ2n) is 4.49. The average molecular weight is 236 g/mol. The summed E-state index contributed by atoms with van der Waals surface area (Å²) in [7, 11) is 0. The van der Waals surface area contributed by atoms with Crippen molar-refractivity contribution < 1.29 is 0 Å². The van der Waals surface area contributed by atoms with E-state index in [-0.39, 0.29) is 0 Å². The maximum Gasteiger partial charge on any atom is 0.0360 e. The summed E-state index contributed by atoms with van der Waals surface area (Å²) in [5, 5.41) is 3.50. The smallest absolute Gasteiger partial charge is 0.0360 e. The van der Waals surface area contributed by atoms with Gasteiger partial charge in [-0.2, -0.15) is 0 Å². The van der Waals surface area contributed by atoms with Gasteiger partial charge in [-0.05, 0) is 26.7 Å². The van der Waals surface area contributed by atoms with Crippen molar-refractivity contribution in [3.8, 4) is 0 Å². The first kappa shape index (κ1) is 15.8. The Labute approximate surface area is 107 Å². The van der Waals surface area contributed by atoms with Crippen LogP contribution in [-0.4, -0.2) is 6.04 Å². The fourth-order valence-electron chi connectivity index (χ4n) is 1.95. The van der Waals surface area contributed by atoms with Gasteiger partial charge in [-0.1, -0.05) is 45.4 Å². The molecule has 0 aromatic heterocycles. The third kappa shape index (κ3) is 6.20. The van der Waals surface area contributed by atoms with Crippen LogP contribution in [0.3, 0.4) is 0 Å². The molecule has 0 amide bonds. The summed E-state index contributed by atoms with van der Waals surface area (Å²) >= 11 is 0. The van der Waals surface area contributed by atoms with Crippen molar-refractivity contribution in [3.05, 3.63) is 35.7 Å². The molecule has 17 heavy (non-hydrogen) atoms. The zero-order valence-corrected chi connectivity index (χ0v) is 11.8. The van der Waals surface area contributed by atoms with Crippen molar-refractivity contribution in [2.45, 2.75) is 59.4 Å². The van der Waals surface area contributed by atoms with E-state index in [1.165, 1.54) is 25.7 Å². The number of nitrogens with one attached hydrogen (secondary N) is 1. The van der Waals surface area contributed by atoms with Crippen LogP contribution in [0.4, 0.5) is 0 Å². The third-order valence-corrected chi connectivity index (χ3v) is 2.74. The van der Waals surface area contributed by atoms with Crippen LogP contribution in [0, 0.1) is 0 Å². The highest BCUT2D eigenvalue weighted by atomic mass is 14.9. The number of allylic oxidation sites excluding steroid dienone is 3. The van der Waals surface area contributed by atoms with Gasteiger partial charge >= 0.3 is 0 Å². The number of rotatable bonds is 8. The third-order valence-electron chi connectivity index (χ3n) is 2.74. The minimum Gasteiger partial charge on any atom is -0.402 e. The van der Waals surface area contributed by atoms with Gasteiger partial charge in [0, 0.05) is 23.0 Å². The topological polar surface area (TPSA) is 38.0 Å². The Morgan fingerprint density at radius 1 is 1.29 bits per heavy atom. The summed E-state index contributed by atoms with van der Waals surface area (Å²) in [6.07, 6.45) is 8.75. The van der Waals surface area contributed by atoms with Gasteiger partial charge in [0.25, 0.3) is 0 Å². The van der Waals surface area contributed by atoms with Crippen molar-refractivity contribution in [2.75, 3.05) is 0 Å². The molecule has 2 heteroatoms. The Kier molecular flexibility index (Phi) is 8.29. The molecule has 0 unspecified atom stereocenters. The molecular weight excluding hydrogens is 208 g/mol. The van der Waals surface area contributed by atoms with Gasteiger partial charge < -0.3 is 11.1 Å². The summed E-state index contributed by atoms with van der Waals surface area (Å²) < 4.78 is 0. The van der Waals surface area contributed by atoms with E-state index in [0.717, 1.165) is 17.0 Å².